The van der Waals surface area contributed by atoms with Gasteiger partial charge in [0.25, 0.3) is 0 Å². The summed E-state index contributed by atoms with van der Waals surface area (Å²) >= 11 is 0. The standard InChI is InChI=1S/C13H20N4O2/c1-10(2)12-13(19)17(8-11(18)15-12)6-3-5-16-7-4-14-9-16/h4,7,9-10,12H,3,5-6,8H2,1-2H3,(H,15,18). The lowest BCUT2D eigenvalue weighted by atomic mass is 10.0. The lowest BCUT2D eigenvalue weighted by Crippen LogP contribution is -2.59. The quantitative estimate of drug-likeness (QED) is 0.829. The second-order valence-corrected chi connectivity index (χ2v) is 5.20. The number of rotatable bonds is 5. The number of carbonyl (C=O) groups excluding carboxylic acids is 2. The molecule has 0 bridgehead atoms. The van der Waals surface area contributed by atoms with E-state index in [0.717, 1.165) is 13.0 Å². The van der Waals surface area contributed by atoms with Gasteiger partial charge in [-0.15, -0.1) is 0 Å². The maximum Gasteiger partial charge on any atom is 0.245 e. The van der Waals surface area contributed by atoms with Gasteiger partial charge in [0.05, 0.1) is 12.9 Å². The van der Waals surface area contributed by atoms with Crippen LogP contribution in [0.2, 0.25) is 0 Å². The fraction of sp³-hybridized carbons (Fsp3) is 0.615. The second kappa shape index (κ2) is 5.86. The Hall–Kier alpha value is -1.85. The number of nitrogens with zero attached hydrogens (tertiary/aromatic N) is 3. The van der Waals surface area contributed by atoms with E-state index in [1.165, 1.54) is 0 Å². The van der Waals surface area contributed by atoms with E-state index in [1.807, 2.05) is 24.6 Å². The highest BCUT2D eigenvalue weighted by molar-refractivity contribution is 5.94. The van der Waals surface area contributed by atoms with Crippen molar-refractivity contribution in [3.05, 3.63) is 18.7 Å². The Kier molecular flexibility index (Phi) is 4.19. The van der Waals surface area contributed by atoms with Crippen LogP contribution in [-0.4, -0.2) is 45.4 Å². The Morgan fingerprint density at radius 2 is 2.21 bits per heavy atom. The van der Waals surface area contributed by atoms with Gasteiger partial charge in [0.2, 0.25) is 11.8 Å². The van der Waals surface area contributed by atoms with Crippen LogP contribution in [0.15, 0.2) is 18.7 Å². The minimum absolute atomic E-state index is 0.0280. The van der Waals surface area contributed by atoms with Gasteiger partial charge >= 0.3 is 0 Å². The molecule has 6 heteroatoms. The van der Waals surface area contributed by atoms with Crippen LogP contribution in [-0.2, 0) is 16.1 Å². The molecule has 1 aromatic rings. The van der Waals surface area contributed by atoms with Crippen LogP contribution in [0, 0.1) is 5.92 Å². The summed E-state index contributed by atoms with van der Waals surface area (Å²) in [5.74, 6) is 0.0778. The highest BCUT2D eigenvalue weighted by Gasteiger charge is 2.33. The summed E-state index contributed by atoms with van der Waals surface area (Å²) in [6.07, 6.45) is 6.19. The van der Waals surface area contributed by atoms with E-state index in [0.29, 0.717) is 6.54 Å². The Morgan fingerprint density at radius 1 is 1.42 bits per heavy atom. The molecule has 1 aliphatic heterocycles. The summed E-state index contributed by atoms with van der Waals surface area (Å²) in [6.45, 7) is 5.47. The fourth-order valence-corrected chi connectivity index (χ4v) is 2.23. The van der Waals surface area contributed by atoms with E-state index in [2.05, 4.69) is 10.3 Å². The van der Waals surface area contributed by atoms with Gasteiger partial charge in [-0.05, 0) is 12.3 Å². The average Bonchev–Trinajstić information content (AvgIpc) is 2.86. The highest BCUT2D eigenvalue weighted by Crippen LogP contribution is 2.11. The van der Waals surface area contributed by atoms with Crippen LogP contribution in [0.1, 0.15) is 20.3 Å². The summed E-state index contributed by atoms with van der Waals surface area (Å²) in [7, 11) is 0. The summed E-state index contributed by atoms with van der Waals surface area (Å²) in [4.78, 5) is 29.4. The van der Waals surface area contributed by atoms with Gasteiger partial charge in [-0.25, -0.2) is 4.98 Å². The predicted octanol–water partition coefficient (Wildman–Crippen LogP) is 0.256. The van der Waals surface area contributed by atoms with E-state index in [4.69, 9.17) is 0 Å². The van der Waals surface area contributed by atoms with Crippen molar-refractivity contribution in [2.45, 2.75) is 32.9 Å². The molecule has 1 aromatic heterocycles. The monoisotopic (exact) mass is 264 g/mol. The van der Waals surface area contributed by atoms with Crippen LogP contribution in [0.25, 0.3) is 0 Å². The van der Waals surface area contributed by atoms with Crippen LogP contribution in [0.4, 0.5) is 0 Å². The average molecular weight is 264 g/mol. The van der Waals surface area contributed by atoms with Crippen LogP contribution in [0.3, 0.4) is 0 Å². The maximum absolute atomic E-state index is 12.2. The van der Waals surface area contributed by atoms with Crippen molar-refractivity contribution in [3.63, 3.8) is 0 Å². The fourth-order valence-electron chi connectivity index (χ4n) is 2.23. The normalized spacial score (nSPS) is 19.9. The number of aryl methyl sites for hydroxylation is 1. The summed E-state index contributed by atoms with van der Waals surface area (Å²) < 4.78 is 1.97. The third-order valence-corrected chi connectivity index (χ3v) is 3.30. The zero-order valence-corrected chi connectivity index (χ0v) is 11.4. The summed E-state index contributed by atoms with van der Waals surface area (Å²) in [6, 6.07) is -0.380. The molecule has 2 amide bonds. The SMILES string of the molecule is CC(C)C1NC(=O)CN(CCCn2ccnc2)C1=O. The smallest absolute Gasteiger partial charge is 0.245 e. The van der Waals surface area contributed by atoms with Crippen LogP contribution in [0.5, 0.6) is 0 Å². The molecule has 1 atom stereocenters. The molecule has 0 saturated carbocycles. The molecular weight excluding hydrogens is 244 g/mol. The molecule has 1 unspecified atom stereocenters. The third kappa shape index (κ3) is 3.33. The van der Waals surface area contributed by atoms with Gasteiger partial charge in [-0.1, -0.05) is 13.8 Å². The third-order valence-electron chi connectivity index (χ3n) is 3.30. The molecule has 1 saturated heterocycles. The van der Waals surface area contributed by atoms with Crippen molar-refractivity contribution in [1.29, 1.82) is 0 Å². The van der Waals surface area contributed by atoms with Gasteiger partial charge in [0.15, 0.2) is 0 Å². The van der Waals surface area contributed by atoms with Gasteiger partial charge in [-0.3, -0.25) is 9.59 Å². The molecule has 1 fully saturated rings. The molecule has 2 heterocycles. The predicted molar refractivity (Wildman–Crippen MR) is 70.2 cm³/mol. The molecule has 0 radical (unpaired) electrons. The lowest BCUT2D eigenvalue weighted by molar-refractivity contribution is -0.145. The van der Waals surface area contributed by atoms with E-state index in [9.17, 15) is 9.59 Å². The van der Waals surface area contributed by atoms with Crippen molar-refractivity contribution in [3.8, 4) is 0 Å². The first kappa shape index (κ1) is 13.6. The Morgan fingerprint density at radius 3 is 2.84 bits per heavy atom. The second-order valence-electron chi connectivity index (χ2n) is 5.20. The van der Waals surface area contributed by atoms with E-state index < -0.39 is 0 Å². The Labute approximate surface area is 112 Å². The number of hydrogen-bond donors (Lipinski definition) is 1. The first-order valence-electron chi connectivity index (χ1n) is 6.62. The van der Waals surface area contributed by atoms with Crippen molar-refractivity contribution < 1.29 is 9.59 Å². The van der Waals surface area contributed by atoms with Gasteiger partial charge in [0, 0.05) is 25.5 Å². The van der Waals surface area contributed by atoms with Crippen LogP contribution < -0.4 is 5.32 Å². The van der Waals surface area contributed by atoms with Crippen molar-refractivity contribution in [2.75, 3.05) is 13.1 Å². The van der Waals surface area contributed by atoms with Gasteiger partial charge < -0.3 is 14.8 Å². The summed E-state index contributed by atoms with van der Waals surface area (Å²) in [5.41, 5.74) is 0. The largest absolute Gasteiger partial charge is 0.343 e. The van der Waals surface area contributed by atoms with Crippen molar-refractivity contribution in [2.24, 2.45) is 5.92 Å². The number of carbonyl (C=O) groups is 2. The van der Waals surface area contributed by atoms with Crippen molar-refractivity contribution in [1.82, 2.24) is 19.8 Å². The Bertz CT molecular complexity index is 442. The topological polar surface area (TPSA) is 67.2 Å². The first-order valence-corrected chi connectivity index (χ1v) is 6.62. The molecule has 0 spiro atoms. The number of hydrogen-bond acceptors (Lipinski definition) is 3. The van der Waals surface area contributed by atoms with E-state index >= 15 is 0 Å². The van der Waals surface area contributed by atoms with Crippen molar-refractivity contribution >= 4 is 11.8 Å². The zero-order valence-electron chi connectivity index (χ0n) is 11.4. The molecule has 0 aliphatic carbocycles. The number of aromatic nitrogens is 2. The Balaban J connectivity index is 1.87. The molecule has 2 rings (SSSR count). The van der Waals surface area contributed by atoms with E-state index in [1.54, 1.807) is 17.4 Å². The number of nitrogens with one attached hydrogen (secondary N) is 1. The number of piperazine rings is 1. The van der Waals surface area contributed by atoms with Crippen LogP contribution >= 0.6 is 0 Å². The maximum atomic E-state index is 12.2. The minimum Gasteiger partial charge on any atom is -0.343 e. The number of imidazole rings is 1. The van der Waals surface area contributed by atoms with E-state index in [-0.39, 0.29) is 30.3 Å². The molecule has 19 heavy (non-hydrogen) atoms. The van der Waals surface area contributed by atoms with Gasteiger partial charge in [-0.2, -0.15) is 0 Å². The molecule has 0 aromatic carbocycles. The molecule has 6 nitrogen and oxygen atoms in total. The molecule has 1 aliphatic rings. The lowest BCUT2D eigenvalue weighted by Gasteiger charge is -2.34. The molecule has 104 valence electrons. The zero-order chi connectivity index (χ0) is 13.8. The highest BCUT2D eigenvalue weighted by atomic mass is 16.2. The molecule has 1 N–H and O–H groups in total. The minimum atomic E-state index is -0.380. The summed E-state index contributed by atoms with van der Waals surface area (Å²) in [5, 5.41) is 2.75. The number of amides is 2. The molecular formula is C13H20N4O2. The van der Waals surface area contributed by atoms with Gasteiger partial charge in [0.1, 0.15) is 6.04 Å². The first-order chi connectivity index (χ1) is 9.08.